The van der Waals surface area contributed by atoms with Crippen molar-refractivity contribution >= 4 is 11.8 Å². The van der Waals surface area contributed by atoms with Crippen molar-refractivity contribution in [2.45, 2.75) is 13.2 Å². The predicted octanol–water partition coefficient (Wildman–Crippen LogP) is -0.210. The van der Waals surface area contributed by atoms with E-state index in [1.165, 1.54) is 14.2 Å². The molecule has 0 atom stereocenters. The highest BCUT2D eigenvalue weighted by molar-refractivity contribution is 5.94. The fraction of sp³-hybridized carbons (Fsp3) is 0.615. The lowest BCUT2D eigenvalue weighted by Crippen LogP contribution is -2.56. The number of hydrogen-bond donors (Lipinski definition) is 1. The summed E-state index contributed by atoms with van der Waals surface area (Å²) in [6.45, 7) is 2.75. The maximum atomic E-state index is 12.0. The van der Waals surface area contributed by atoms with Crippen LogP contribution in [0.15, 0.2) is 10.6 Å². The summed E-state index contributed by atoms with van der Waals surface area (Å²) in [5.41, 5.74) is 0.269. The summed E-state index contributed by atoms with van der Waals surface area (Å²) in [6, 6.07) is 1.58. The number of amides is 2. The topological polar surface area (TPSA) is 93.9 Å². The fourth-order valence-electron chi connectivity index (χ4n) is 2.03. The molecule has 1 aliphatic rings. The van der Waals surface area contributed by atoms with Crippen LogP contribution in [0.4, 0.5) is 0 Å². The van der Waals surface area contributed by atoms with Gasteiger partial charge in [0, 0.05) is 33.4 Å². The fourth-order valence-corrected chi connectivity index (χ4v) is 2.03. The first-order valence-electron chi connectivity index (χ1n) is 6.61. The van der Waals surface area contributed by atoms with Crippen LogP contribution in [0.5, 0.6) is 0 Å². The molecule has 1 aliphatic heterocycles. The summed E-state index contributed by atoms with van der Waals surface area (Å²) in [4.78, 5) is 25.4. The maximum absolute atomic E-state index is 12.0. The molecule has 0 bridgehead atoms. The van der Waals surface area contributed by atoms with Crippen LogP contribution in [0.2, 0.25) is 0 Å². The number of nitrogens with zero attached hydrogens (tertiary/aromatic N) is 2. The maximum Gasteiger partial charge on any atom is 0.276 e. The van der Waals surface area contributed by atoms with Gasteiger partial charge in [-0.3, -0.25) is 9.59 Å². The zero-order valence-electron chi connectivity index (χ0n) is 12.3. The van der Waals surface area contributed by atoms with Crippen LogP contribution in [-0.2, 0) is 14.3 Å². The molecular formula is C13H19N3O5. The van der Waals surface area contributed by atoms with Gasteiger partial charge in [-0.2, -0.15) is 0 Å². The molecule has 0 aliphatic carbocycles. The second kappa shape index (κ2) is 6.68. The highest BCUT2D eigenvalue weighted by atomic mass is 16.7. The minimum absolute atomic E-state index is 0.116. The van der Waals surface area contributed by atoms with E-state index in [4.69, 9.17) is 14.0 Å². The molecule has 0 unspecified atom stereocenters. The Balaban J connectivity index is 1.75. The van der Waals surface area contributed by atoms with Gasteiger partial charge in [0.2, 0.25) is 5.91 Å². The number of aromatic nitrogens is 1. The quantitative estimate of drug-likeness (QED) is 0.730. The number of carbonyl (C=O) groups is 2. The van der Waals surface area contributed by atoms with Crippen LogP contribution in [0, 0.1) is 12.8 Å². The second-order valence-corrected chi connectivity index (χ2v) is 4.88. The predicted molar refractivity (Wildman–Crippen MR) is 71.4 cm³/mol. The summed E-state index contributed by atoms with van der Waals surface area (Å²) >= 11 is 0. The van der Waals surface area contributed by atoms with Crippen molar-refractivity contribution in [3.8, 4) is 0 Å². The molecule has 116 valence electrons. The zero-order valence-corrected chi connectivity index (χ0v) is 12.3. The third-order valence-electron chi connectivity index (χ3n) is 3.36. The van der Waals surface area contributed by atoms with E-state index in [0.717, 1.165) is 0 Å². The summed E-state index contributed by atoms with van der Waals surface area (Å²) in [5, 5.41) is 6.40. The number of carbonyl (C=O) groups excluding carboxylic acids is 2. The SMILES string of the molecule is COC(CNC(=O)C1CN(C(=O)c2cc(C)on2)C1)OC. The van der Waals surface area contributed by atoms with E-state index >= 15 is 0 Å². The molecule has 0 aromatic carbocycles. The van der Waals surface area contributed by atoms with Crippen molar-refractivity contribution in [1.82, 2.24) is 15.4 Å². The van der Waals surface area contributed by atoms with Crippen molar-refractivity contribution in [2.75, 3.05) is 33.9 Å². The molecule has 8 nitrogen and oxygen atoms in total. The lowest BCUT2D eigenvalue weighted by atomic mass is 9.98. The molecule has 0 saturated carbocycles. The number of rotatable bonds is 6. The van der Waals surface area contributed by atoms with Gasteiger partial charge in [0.1, 0.15) is 5.76 Å². The molecule has 1 aromatic heterocycles. The third kappa shape index (κ3) is 3.59. The molecule has 0 radical (unpaired) electrons. The van der Waals surface area contributed by atoms with Crippen LogP contribution >= 0.6 is 0 Å². The highest BCUT2D eigenvalue weighted by Gasteiger charge is 2.37. The number of aryl methyl sites for hydroxylation is 1. The van der Waals surface area contributed by atoms with E-state index in [1.807, 2.05) is 0 Å². The van der Waals surface area contributed by atoms with Gasteiger partial charge < -0.3 is 24.2 Å². The molecule has 1 fully saturated rings. The molecule has 1 N–H and O–H groups in total. The lowest BCUT2D eigenvalue weighted by molar-refractivity contribution is -0.134. The van der Waals surface area contributed by atoms with Gasteiger partial charge in [-0.15, -0.1) is 0 Å². The minimum atomic E-state index is -0.468. The average molecular weight is 297 g/mol. The Labute approximate surface area is 122 Å². The lowest BCUT2D eigenvalue weighted by Gasteiger charge is -2.37. The molecule has 2 rings (SSSR count). The Bertz CT molecular complexity index is 506. The normalized spacial score (nSPS) is 15.1. The minimum Gasteiger partial charge on any atom is -0.361 e. The number of hydrogen-bond acceptors (Lipinski definition) is 6. The first kappa shape index (κ1) is 15.5. The van der Waals surface area contributed by atoms with Gasteiger partial charge in [-0.1, -0.05) is 5.16 Å². The van der Waals surface area contributed by atoms with E-state index in [0.29, 0.717) is 18.8 Å². The molecule has 2 heterocycles. The van der Waals surface area contributed by atoms with Gasteiger partial charge in [-0.05, 0) is 6.92 Å². The Morgan fingerprint density at radius 3 is 2.67 bits per heavy atom. The number of methoxy groups -OCH3 is 2. The third-order valence-corrected chi connectivity index (χ3v) is 3.36. The monoisotopic (exact) mass is 297 g/mol. The van der Waals surface area contributed by atoms with E-state index < -0.39 is 6.29 Å². The summed E-state index contributed by atoms with van der Waals surface area (Å²) in [6.07, 6.45) is -0.468. The average Bonchev–Trinajstić information content (AvgIpc) is 2.84. The molecule has 21 heavy (non-hydrogen) atoms. The Morgan fingerprint density at radius 1 is 1.48 bits per heavy atom. The van der Waals surface area contributed by atoms with E-state index in [-0.39, 0.29) is 30.0 Å². The van der Waals surface area contributed by atoms with Crippen LogP contribution in [0.1, 0.15) is 16.2 Å². The first-order valence-corrected chi connectivity index (χ1v) is 6.61. The van der Waals surface area contributed by atoms with Crippen molar-refractivity contribution in [2.24, 2.45) is 5.92 Å². The van der Waals surface area contributed by atoms with E-state index in [2.05, 4.69) is 10.5 Å². The Hall–Kier alpha value is -1.93. The Kier molecular flexibility index (Phi) is 4.92. The zero-order chi connectivity index (χ0) is 15.4. The van der Waals surface area contributed by atoms with Crippen LogP contribution in [-0.4, -0.2) is 62.0 Å². The molecule has 0 spiro atoms. The summed E-state index contributed by atoms with van der Waals surface area (Å²) < 4.78 is 14.8. The standard InChI is InChI=1S/C13H19N3O5/c1-8-4-10(15-21-8)13(18)16-6-9(7-16)12(17)14-5-11(19-2)20-3/h4,9,11H,5-7H2,1-3H3,(H,14,17). The Morgan fingerprint density at radius 2 is 2.14 bits per heavy atom. The molecule has 1 aromatic rings. The van der Waals surface area contributed by atoms with Crippen LogP contribution in [0.25, 0.3) is 0 Å². The summed E-state index contributed by atoms with van der Waals surface area (Å²) in [7, 11) is 3.01. The van der Waals surface area contributed by atoms with Crippen LogP contribution in [0.3, 0.4) is 0 Å². The van der Waals surface area contributed by atoms with Gasteiger partial charge in [-0.25, -0.2) is 0 Å². The van der Waals surface area contributed by atoms with Gasteiger partial charge >= 0.3 is 0 Å². The largest absolute Gasteiger partial charge is 0.361 e. The molecular weight excluding hydrogens is 278 g/mol. The van der Waals surface area contributed by atoms with Crippen molar-refractivity contribution in [3.05, 3.63) is 17.5 Å². The van der Waals surface area contributed by atoms with Crippen molar-refractivity contribution in [3.63, 3.8) is 0 Å². The second-order valence-electron chi connectivity index (χ2n) is 4.88. The number of ether oxygens (including phenoxy) is 2. The van der Waals surface area contributed by atoms with Gasteiger partial charge in [0.05, 0.1) is 12.5 Å². The molecule has 8 heteroatoms. The van der Waals surface area contributed by atoms with E-state index in [9.17, 15) is 9.59 Å². The van der Waals surface area contributed by atoms with Crippen molar-refractivity contribution < 1.29 is 23.6 Å². The van der Waals surface area contributed by atoms with E-state index in [1.54, 1.807) is 17.9 Å². The highest BCUT2D eigenvalue weighted by Crippen LogP contribution is 2.18. The van der Waals surface area contributed by atoms with Crippen molar-refractivity contribution in [1.29, 1.82) is 0 Å². The van der Waals surface area contributed by atoms with Crippen LogP contribution < -0.4 is 5.32 Å². The molecule has 2 amide bonds. The number of likely N-dealkylation sites (tertiary alicyclic amines) is 1. The number of nitrogens with one attached hydrogen (secondary N) is 1. The first-order chi connectivity index (χ1) is 10.0. The van der Waals surface area contributed by atoms with Gasteiger partial charge in [0.25, 0.3) is 5.91 Å². The summed E-state index contributed by atoms with van der Waals surface area (Å²) in [5.74, 6) is 0.0340. The smallest absolute Gasteiger partial charge is 0.276 e. The molecule has 1 saturated heterocycles. The van der Waals surface area contributed by atoms with Gasteiger partial charge in [0.15, 0.2) is 12.0 Å².